The lowest BCUT2D eigenvalue weighted by Gasteiger charge is -2.38. The number of ketones is 1. The summed E-state index contributed by atoms with van der Waals surface area (Å²) in [6, 6.07) is 1.99. The van der Waals surface area contributed by atoms with Gasteiger partial charge >= 0.3 is 5.97 Å². The summed E-state index contributed by atoms with van der Waals surface area (Å²) in [7, 11) is 0. The van der Waals surface area contributed by atoms with E-state index in [4.69, 9.17) is 4.52 Å². The first-order valence-electron chi connectivity index (χ1n) is 13.1. The SMILES string of the molecule is Cc1cc(C)c(CC(=O)C[C@H](CCC(=O)O)c2noc(C3CC(CC(C)(C)C)C3)c2C2CC2)cn1. The van der Waals surface area contributed by atoms with E-state index in [1.807, 2.05) is 19.9 Å². The maximum absolute atomic E-state index is 13.1. The second kappa shape index (κ2) is 10.2. The molecular formula is C29H40N2O4. The summed E-state index contributed by atoms with van der Waals surface area (Å²) >= 11 is 0. The van der Waals surface area contributed by atoms with Crippen LogP contribution < -0.4 is 0 Å². The fraction of sp³-hybridized carbons (Fsp3) is 0.655. The van der Waals surface area contributed by atoms with Gasteiger partial charge in [-0.05, 0) is 86.8 Å². The Morgan fingerprint density at radius 1 is 1.17 bits per heavy atom. The molecule has 2 heterocycles. The summed E-state index contributed by atoms with van der Waals surface area (Å²) in [6.07, 6.45) is 8.50. The molecule has 0 saturated heterocycles. The van der Waals surface area contributed by atoms with Crippen LogP contribution in [0, 0.1) is 25.2 Å². The Balaban J connectivity index is 1.51. The smallest absolute Gasteiger partial charge is 0.303 e. The molecule has 1 atom stereocenters. The minimum absolute atomic E-state index is 0.0203. The van der Waals surface area contributed by atoms with Crippen LogP contribution >= 0.6 is 0 Å². The molecule has 1 N–H and O–H groups in total. The number of pyridine rings is 1. The predicted octanol–water partition coefficient (Wildman–Crippen LogP) is 6.64. The molecule has 2 aliphatic rings. The molecule has 2 saturated carbocycles. The highest BCUT2D eigenvalue weighted by Gasteiger charge is 2.42. The van der Waals surface area contributed by atoms with Crippen molar-refractivity contribution < 1.29 is 19.2 Å². The van der Waals surface area contributed by atoms with E-state index in [-0.39, 0.29) is 24.5 Å². The molecule has 35 heavy (non-hydrogen) atoms. The predicted molar refractivity (Wildman–Crippen MR) is 135 cm³/mol. The van der Waals surface area contributed by atoms with Crippen molar-refractivity contribution in [2.45, 2.75) is 110 Å². The molecule has 0 amide bonds. The third-order valence-electron chi connectivity index (χ3n) is 7.59. The number of hydrogen-bond acceptors (Lipinski definition) is 5. The van der Waals surface area contributed by atoms with Crippen molar-refractivity contribution in [3.63, 3.8) is 0 Å². The van der Waals surface area contributed by atoms with E-state index >= 15 is 0 Å². The van der Waals surface area contributed by atoms with Crippen LogP contribution in [0.1, 0.15) is 124 Å². The van der Waals surface area contributed by atoms with Crippen LogP contribution in [0.4, 0.5) is 0 Å². The van der Waals surface area contributed by atoms with Gasteiger partial charge in [0.1, 0.15) is 11.5 Å². The van der Waals surface area contributed by atoms with Crippen LogP contribution in [0.15, 0.2) is 16.8 Å². The Hall–Kier alpha value is -2.50. The number of carboxylic acids is 1. The van der Waals surface area contributed by atoms with Crippen LogP contribution in [0.25, 0.3) is 0 Å². The number of carbonyl (C=O) groups is 2. The molecule has 0 unspecified atom stereocenters. The van der Waals surface area contributed by atoms with Gasteiger partial charge in [0.2, 0.25) is 0 Å². The minimum atomic E-state index is -0.846. The Kier molecular flexibility index (Phi) is 7.48. The zero-order valence-corrected chi connectivity index (χ0v) is 21.9. The van der Waals surface area contributed by atoms with Crippen LogP contribution in [-0.2, 0) is 16.0 Å². The summed E-state index contributed by atoms with van der Waals surface area (Å²) in [5.41, 5.74) is 5.29. The van der Waals surface area contributed by atoms with E-state index in [9.17, 15) is 14.7 Å². The number of aryl methyl sites for hydroxylation is 2. The molecule has 2 aromatic heterocycles. The van der Waals surface area contributed by atoms with E-state index in [0.717, 1.165) is 59.9 Å². The monoisotopic (exact) mass is 480 g/mol. The van der Waals surface area contributed by atoms with E-state index in [1.165, 1.54) is 12.0 Å². The highest BCUT2D eigenvalue weighted by Crippen LogP contribution is 2.53. The number of Topliss-reactive ketones (excluding diaryl/α,β-unsaturated/α-hetero) is 1. The van der Waals surface area contributed by atoms with E-state index < -0.39 is 5.97 Å². The Morgan fingerprint density at radius 2 is 1.89 bits per heavy atom. The molecule has 2 aromatic rings. The van der Waals surface area contributed by atoms with Crippen LogP contribution in [0.5, 0.6) is 0 Å². The summed E-state index contributed by atoms with van der Waals surface area (Å²) in [4.78, 5) is 28.9. The number of aliphatic carboxylic acids is 1. The number of carbonyl (C=O) groups excluding carboxylic acids is 1. The fourth-order valence-corrected chi connectivity index (χ4v) is 5.78. The zero-order valence-electron chi connectivity index (χ0n) is 21.9. The first kappa shape index (κ1) is 25.6. The molecule has 0 radical (unpaired) electrons. The average molecular weight is 481 g/mol. The van der Waals surface area contributed by atoms with Crippen molar-refractivity contribution in [2.24, 2.45) is 11.3 Å². The molecule has 6 nitrogen and oxygen atoms in total. The number of rotatable bonds is 11. The van der Waals surface area contributed by atoms with Crippen molar-refractivity contribution >= 4 is 11.8 Å². The Morgan fingerprint density at radius 3 is 2.49 bits per heavy atom. The standard InChI is InChI=1S/C29H40N2O4/c1-17-10-18(2)30-16-23(17)14-24(32)13-21(8-9-25(33)34)27-26(20-6-7-20)28(35-31-27)22-11-19(12-22)15-29(3,4)5/h10,16,19-22H,6-9,11-15H2,1-5H3,(H,33,34)/t19?,21-,22?/m0/s1. The third-order valence-corrected chi connectivity index (χ3v) is 7.59. The Labute approximate surface area is 208 Å². The zero-order chi connectivity index (χ0) is 25.3. The normalized spacial score (nSPS) is 20.9. The summed E-state index contributed by atoms with van der Waals surface area (Å²) in [5.74, 6) is 1.59. The molecule has 190 valence electrons. The van der Waals surface area contributed by atoms with Crippen molar-refractivity contribution in [1.82, 2.24) is 10.1 Å². The molecular weight excluding hydrogens is 440 g/mol. The number of nitrogens with zero attached hydrogens (tertiary/aromatic N) is 2. The number of carboxylic acid groups (broad SMARTS) is 1. The second-order valence-electron chi connectivity index (χ2n) is 12.2. The molecule has 2 aliphatic carbocycles. The van der Waals surface area contributed by atoms with Crippen LogP contribution in [0.3, 0.4) is 0 Å². The highest BCUT2D eigenvalue weighted by atomic mass is 16.5. The van der Waals surface area contributed by atoms with Gasteiger partial charge in [0.25, 0.3) is 0 Å². The highest BCUT2D eigenvalue weighted by molar-refractivity contribution is 5.82. The first-order chi connectivity index (χ1) is 16.5. The van der Waals surface area contributed by atoms with Gasteiger partial charge in [0, 0.05) is 48.6 Å². The van der Waals surface area contributed by atoms with E-state index in [0.29, 0.717) is 30.1 Å². The van der Waals surface area contributed by atoms with Crippen molar-refractivity contribution in [2.75, 3.05) is 0 Å². The van der Waals surface area contributed by atoms with Gasteiger partial charge in [0.05, 0.1) is 5.69 Å². The Bertz CT molecular complexity index is 1070. The third kappa shape index (κ3) is 6.59. The van der Waals surface area contributed by atoms with Crippen molar-refractivity contribution in [1.29, 1.82) is 0 Å². The largest absolute Gasteiger partial charge is 0.481 e. The van der Waals surface area contributed by atoms with E-state index in [1.54, 1.807) is 6.20 Å². The van der Waals surface area contributed by atoms with Crippen molar-refractivity contribution in [3.05, 3.63) is 46.1 Å². The molecule has 0 bridgehead atoms. The van der Waals surface area contributed by atoms with Gasteiger partial charge < -0.3 is 9.63 Å². The fourth-order valence-electron chi connectivity index (χ4n) is 5.78. The topological polar surface area (TPSA) is 93.3 Å². The van der Waals surface area contributed by atoms with Gasteiger partial charge in [-0.25, -0.2) is 0 Å². The van der Waals surface area contributed by atoms with Crippen molar-refractivity contribution in [3.8, 4) is 0 Å². The molecule has 4 rings (SSSR count). The number of aromatic nitrogens is 2. The molecule has 6 heteroatoms. The lowest BCUT2D eigenvalue weighted by Crippen LogP contribution is -2.26. The van der Waals surface area contributed by atoms with Gasteiger partial charge in [0.15, 0.2) is 0 Å². The first-order valence-corrected chi connectivity index (χ1v) is 13.1. The van der Waals surface area contributed by atoms with Gasteiger partial charge in [-0.15, -0.1) is 0 Å². The molecule has 0 spiro atoms. The van der Waals surface area contributed by atoms with E-state index in [2.05, 4.69) is 30.9 Å². The quantitative estimate of drug-likeness (QED) is 0.387. The van der Waals surface area contributed by atoms with Gasteiger partial charge in [-0.3, -0.25) is 14.6 Å². The van der Waals surface area contributed by atoms with Crippen LogP contribution in [0.2, 0.25) is 0 Å². The molecule has 0 aromatic carbocycles. The average Bonchev–Trinajstić information content (AvgIpc) is 3.47. The minimum Gasteiger partial charge on any atom is -0.481 e. The summed E-state index contributed by atoms with van der Waals surface area (Å²) < 4.78 is 5.98. The summed E-state index contributed by atoms with van der Waals surface area (Å²) in [5, 5.41) is 13.9. The van der Waals surface area contributed by atoms with Gasteiger partial charge in [-0.2, -0.15) is 0 Å². The maximum Gasteiger partial charge on any atom is 0.303 e. The van der Waals surface area contributed by atoms with Crippen LogP contribution in [-0.4, -0.2) is 27.0 Å². The maximum atomic E-state index is 13.1. The number of hydrogen-bond donors (Lipinski definition) is 1. The molecule has 2 fully saturated rings. The lowest BCUT2D eigenvalue weighted by molar-refractivity contribution is -0.137. The van der Waals surface area contributed by atoms with Gasteiger partial charge in [-0.1, -0.05) is 25.9 Å². The summed E-state index contributed by atoms with van der Waals surface area (Å²) in [6.45, 7) is 10.8. The molecule has 0 aliphatic heterocycles. The second-order valence-corrected chi connectivity index (χ2v) is 12.2. The lowest BCUT2D eigenvalue weighted by atomic mass is 9.66.